The predicted octanol–water partition coefficient (Wildman–Crippen LogP) is 11.3. The molecule has 0 spiro atoms. The lowest BCUT2D eigenvalue weighted by Gasteiger charge is -2.13. The normalized spacial score (nSPS) is 11.7. The Bertz CT molecular complexity index is 2440. The third-order valence-electron chi connectivity index (χ3n) is 8.46. The van der Waals surface area contributed by atoms with Crippen molar-refractivity contribution in [2.75, 3.05) is 0 Å². The van der Waals surface area contributed by atoms with Gasteiger partial charge in [0.05, 0.1) is 11.4 Å². The summed E-state index contributed by atoms with van der Waals surface area (Å²) in [6.07, 6.45) is 0. The molecule has 9 aromatic rings. The van der Waals surface area contributed by atoms with Gasteiger partial charge >= 0.3 is 0 Å². The van der Waals surface area contributed by atoms with E-state index in [1.54, 1.807) is 0 Å². The van der Waals surface area contributed by atoms with Gasteiger partial charge in [-0.05, 0) is 62.6 Å². The lowest BCUT2D eigenvalue weighted by Crippen LogP contribution is -1.96. The molecule has 0 aliphatic carbocycles. The van der Waals surface area contributed by atoms with E-state index in [0.29, 0.717) is 0 Å². The number of fused-ring (bicyclic) bond motifs is 9. The largest absolute Gasteiger partial charge is 0.228 e. The summed E-state index contributed by atoms with van der Waals surface area (Å²) in [5.41, 5.74) is 4.99. The molecule has 0 amide bonds. The molecule has 0 aliphatic heterocycles. The maximum atomic E-state index is 5.10. The highest BCUT2D eigenvalue weighted by atomic mass is 32.1. The lowest BCUT2D eigenvalue weighted by atomic mass is 9.92. The number of benzene rings is 7. The number of nitrogens with zero attached hydrogens (tertiary/aromatic N) is 2. The first kappa shape index (κ1) is 24.2. The van der Waals surface area contributed by atoms with Gasteiger partial charge in [-0.1, -0.05) is 115 Å². The molecule has 2 heterocycles. The van der Waals surface area contributed by atoms with Gasteiger partial charge in [0, 0.05) is 36.9 Å². The van der Waals surface area contributed by atoms with Crippen molar-refractivity contribution in [3.05, 3.63) is 146 Å². The lowest BCUT2D eigenvalue weighted by molar-refractivity contribution is 1.18. The average molecular weight is 565 g/mol. The molecule has 200 valence electrons. The standard InChI is InChI=1S/C40H24N2S/c1-3-11-25(12-4-1)36-24-37(42-40(41-36)26-13-5-2-6-14-26)27-19-20-30-32(21-27)28-15-7-8-16-29(28)33-22-35-31-17-9-10-18-38(31)43-39(35)23-34(30)33/h1-24H. The predicted molar refractivity (Wildman–Crippen MR) is 184 cm³/mol. The third kappa shape index (κ3) is 3.93. The molecule has 0 unspecified atom stereocenters. The summed E-state index contributed by atoms with van der Waals surface area (Å²) < 4.78 is 2.65. The highest BCUT2D eigenvalue weighted by molar-refractivity contribution is 7.25. The number of rotatable bonds is 3. The fourth-order valence-corrected chi connectivity index (χ4v) is 7.53. The van der Waals surface area contributed by atoms with E-state index in [-0.39, 0.29) is 0 Å². The zero-order valence-electron chi connectivity index (χ0n) is 23.2. The summed E-state index contributed by atoms with van der Waals surface area (Å²) in [6.45, 7) is 0. The maximum absolute atomic E-state index is 5.10. The smallest absolute Gasteiger partial charge is 0.160 e. The van der Waals surface area contributed by atoms with Crippen LogP contribution in [0.15, 0.2) is 146 Å². The van der Waals surface area contributed by atoms with E-state index in [1.165, 1.54) is 52.5 Å². The number of aromatic nitrogens is 2. The van der Waals surface area contributed by atoms with E-state index in [2.05, 4.69) is 121 Å². The Labute approximate surface area is 252 Å². The van der Waals surface area contributed by atoms with Crippen LogP contribution in [-0.4, -0.2) is 9.97 Å². The van der Waals surface area contributed by atoms with Crippen molar-refractivity contribution in [2.24, 2.45) is 0 Å². The van der Waals surface area contributed by atoms with Gasteiger partial charge in [0.25, 0.3) is 0 Å². The first-order valence-corrected chi connectivity index (χ1v) is 15.3. The topological polar surface area (TPSA) is 25.8 Å². The quantitative estimate of drug-likeness (QED) is 0.199. The third-order valence-corrected chi connectivity index (χ3v) is 9.59. The highest BCUT2D eigenvalue weighted by Crippen LogP contribution is 2.42. The van der Waals surface area contributed by atoms with Crippen LogP contribution in [0.4, 0.5) is 0 Å². The van der Waals surface area contributed by atoms with Crippen LogP contribution in [0, 0.1) is 0 Å². The number of hydrogen-bond acceptors (Lipinski definition) is 3. The molecule has 0 bridgehead atoms. The van der Waals surface area contributed by atoms with Crippen LogP contribution < -0.4 is 0 Å². The van der Waals surface area contributed by atoms with Gasteiger partial charge in [-0.15, -0.1) is 11.3 Å². The molecule has 3 heteroatoms. The van der Waals surface area contributed by atoms with E-state index in [1.807, 2.05) is 35.6 Å². The van der Waals surface area contributed by atoms with Crippen LogP contribution in [0.2, 0.25) is 0 Å². The van der Waals surface area contributed by atoms with Gasteiger partial charge in [0.15, 0.2) is 5.82 Å². The summed E-state index contributed by atoms with van der Waals surface area (Å²) >= 11 is 1.87. The molecule has 2 aromatic heterocycles. The fourth-order valence-electron chi connectivity index (χ4n) is 6.40. The van der Waals surface area contributed by atoms with Crippen LogP contribution in [0.25, 0.3) is 86.4 Å². The molecule has 43 heavy (non-hydrogen) atoms. The van der Waals surface area contributed by atoms with Crippen LogP contribution in [-0.2, 0) is 0 Å². The summed E-state index contributed by atoms with van der Waals surface area (Å²) in [7, 11) is 0. The molecular weight excluding hydrogens is 541 g/mol. The fraction of sp³-hybridized carbons (Fsp3) is 0. The molecule has 2 nitrogen and oxygen atoms in total. The summed E-state index contributed by atoms with van der Waals surface area (Å²) in [5, 5.41) is 10.3. The SMILES string of the molecule is c1ccc(-c2cc(-c3ccc4c(c3)c3ccccc3c3cc5c(cc43)sc3ccccc35)nc(-c3ccccc3)n2)cc1. The maximum Gasteiger partial charge on any atom is 0.160 e. The zero-order chi connectivity index (χ0) is 28.3. The molecule has 0 radical (unpaired) electrons. The Morgan fingerprint density at radius 1 is 0.326 bits per heavy atom. The molecule has 0 fully saturated rings. The van der Waals surface area contributed by atoms with Crippen molar-refractivity contribution < 1.29 is 0 Å². The molecule has 7 aromatic carbocycles. The molecule has 0 atom stereocenters. The number of hydrogen-bond donors (Lipinski definition) is 0. The van der Waals surface area contributed by atoms with Gasteiger partial charge in [-0.2, -0.15) is 0 Å². The minimum Gasteiger partial charge on any atom is -0.228 e. The Balaban J connectivity index is 1.32. The average Bonchev–Trinajstić information content (AvgIpc) is 3.45. The zero-order valence-corrected chi connectivity index (χ0v) is 24.0. The van der Waals surface area contributed by atoms with E-state index in [4.69, 9.17) is 9.97 Å². The molecular formula is C40H24N2S. The second kappa shape index (κ2) is 9.59. The second-order valence-electron chi connectivity index (χ2n) is 11.0. The van der Waals surface area contributed by atoms with Crippen LogP contribution in [0.5, 0.6) is 0 Å². The van der Waals surface area contributed by atoms with Crippen molar-refractivity contribution >= 4 is 63.8 Å². The minimum atomic E-state index is 0.729. The molecule has 0 saturated heterocycles. The first-order valence-electron chi connectivity index (χ1n) is 14.5. The monoisotopic (exact) mass is 564 g/mol. The minimum absolute atomic E-state index is 0.729. The Morgan fingerprint density at radius 3 is 1.63 bits per heavy atom. The van der Waals surface area contributed by atoms with Gasteiger partial charge in [-0.3, -0.25) is 0 Å². The summed E-state index contributed by atoms with van der Waals surface area (Å²) in [6, 6.07) is 51.9. The molecule has 0 N–H and O–H groups in total. The van der Waals surface area contributed by atoms with Crippen LogP contribution >= 0.6 is 11.3 Å². The van der Waals surface area contributed by atoms with E-state index in [9.17, 15) is 0 Å². The van der Waals surface area contributed by atoms with Gasteiger partial charge in [0.1, 0.15) is 0 Å². The van der Waals surface area contributed by atoms with Crippen LogP contribution in [0.3, 0.4) is 0 Å². The van der Waals surface area contributed by atoms with Crippen molar-refractivity contribution in [2.45, 2.75) is 0 Å². The summed E-state index contributed by atoms with van der Waals surface area (Å²) in [4.78, 5) is 10.1. The number of thiophene rings is 1. The Kier molecular flexibility index (Phi) is 5.40. The molecule has 9 rings (SSSR count). The van der Waals surface area contributed by atoms with Gasteiger partial charge in [-0.25, -0.2) is 9.97 Å². The summed E-state index contributed by atoms with van der Waals surface area (Å²) in [5.74, 6) is 0.729. The van der Waals surface area contributed by atoms with Crippen molar-refractivity contribution in [3.8, 4) is 33.9 Å². The van der Waals surface area contributed by atoms with E-state index < -0.39 is 0 Å². The Morgan fingerprint density at radius 2 is 0.884 bits per heavy atom. The van der Waals surface area contributed by atoms with Crippen molar-refractivity contribution in [3.63, 3.8) is 0 Å². The molecule has 0 aliphatic rings. The molecule has 0 saturated carbocycles. The van der Waals surface area contributed by atoms with E-state index in [0.717, 1.165) is 33.9 Å². The first-order chi connectivity index (χ1) is 21.3. The Hall–Kier alpha value is -5.38. The highest BCUT2D eigenvalue weighted by Gasteiger charge is 2.15. The second-order valence-corrected chi connectivity index (χ2v) is 12.1. The van der Waals surface area contributed by atoms with Gasteiger partial charge in [0.2, 0.25) is 0 Å². The van der Waals surface area contributed by atoms with Crippen molar-refractivity contribution in [1.29, 1.82) is 0 Å². The van der Waals surface area contributed by atoms with E-state index >= 15 is 0 Å². The van der Waals surface area contributed by atoms with Gasteiger partial charge < -0.3 is 0 Å². The van der Waals surface area contributed by atoms with Crippen LogP contribution in [0.1, 0.15) is 0 Å². The van der Waals surface area contributed by atoms with Crippen molar-refractivity contribution in [1.82, 2.24) is 9.97 Å².